The van der Waals surface area contributed by atoms with E-state index in [2.05, 4.69) is 20.0 Å². The maximum absolute atomic E-state index is 14.4. The lowest BCUT2D eigenvalue weighted by molar-refractivity contribution is 0.0766. The van der Waals surface area contributed by atoms with Gasteiger partial charge < -0.3 is 19.1 Å². The number of methoxy groups -OCH3 is 3. The molecule has 0 bridgehead atoms. The van der Waals surface area contributed by atoms with E-state index in [-0.39, 0.29) is 36.0 Å². The van der Waals surface area contributed by atoms with E-state index in [0.29, 0.717) is 17.1 Å². The maximum Gasteiger partial charge on any atom is 0.412 e. The SMILES string of the molecule is COC(=O)Nc1nc(-c2c(F)cccc2F)nc2c1C(=O)N(Cc1ccc(OC)cc1OC)C2. The zero-order chi connectivity index (χ0) is 24.4. The molecule has 176 valence electrons. The number of rotatable bonds is 6. The number of nitrogens with one attached hydrogen (secondary N) is 1. The van der Waals surface area contributed by atoms with Crippen molar-refractivity contribution in [2.24, 2.45) is 0 Å². The standard InChI is InChI=1S/C23H20F2N4O5/c1-32-13-8-7-12(17(9-13)33-2)10-29-11-16-19(22(29)30)21(28-23(31)34-3)27-20(26-16)18-14(24)5-4-6-15(18)25/h4-9H,10-11H2,1-3H3,(H,26,27,28,31). The van der Waals surface area contributed by atoms with Crippen LogP contribution in [0.25, 0.3) is 11.4 Å². The van der Waals surface area contributed by atoms with Crippen LogP contribution < -0.4 is 14.8 Å². The van der Waals surface area contributed by atoms with E-state index >= 15 is 0 Å². The van der Waals surface area contributed by atoms with Crippen LogP contribution in [0, 0.1) is 11.6 Å². The van der Waals surface area contributed by atoms with Gasteiger partial charge in [0.2, 0.25) is 0 Å². The van der Waals surface area contributed by atoms with E-state index < -0.39 is 29.2 Å². The fourth-order valence-electron chi connectivity index (χ4n) is 3.63. The van der Waals surface area contributed by atoms with Crippen molar-refractivity contribution in [2.45, 2.75) is 13.1 Å². The van der Waals surface area contributed by atoms with Crippen LogP contribution in [0.5, 0.6) is 11.5 Å². The molecule has 1 aliphatic rings. The minimum absolute atomic E-state index is 0.0124. The van der Waals surface area contributed by atoms with Gasteiger partial charge in [-0.1, -0.05) is 6.07 Å². The largest absolute Gasteiger partial charge is 0.497 e. The molecular weight excluding hydrogens is 450 g/mol. The van der Waals surface area contributed by atoms with Gasteiger partial charge in [-0.2, -0.15) is 0 Å². The zero-order valence-electron chi connectivity index (χ0n) is 18.5. The molecule has 0 unspecified atom stereocenters. The number of aromatic nitrogens is 2. The number of halogens is 2. The summed E-state index contributed by atoms with van der Waals surface area (Å²) in [5.74, 6) is -1.65. The summed E-state index contributed by atoms with van der Waals surface area (Å²) in [6.45, 7) is 0.161. The van der Waals surface area contributed by atoms with Crippen LogP contribution in [0.2, 0.25) is 0 Å². The Morgan fingerprint density at radius 3 is 2.44 bits per heavy atom. The molecule has 3 aromatic rings. The summed E-state index contributed by atoms with van der Waals surface area (Å²) in [5.41, 5.74) is 0.441. The molecule has 1 aromatic heterocycles. The second-order valence-electron chi connectivity index (χ2n) is 7.27. The summed E-state index contributed by atoms with van der Waals surface area (Å²) in [5, 5.41) is 2.35. The third-order valence-electron chi connectivity index (χ3n) is 5.27. The normalized spacial score (nSPS) is 12.4. The molecule has 9 nitrogen and oxygen atoms in total. The first-order valence-electron chi connectivity index (χ1n) is 10.1. The molecular formula is C23H20F2N4O5. The van der Waals surface area contributed by atoms with Crippen LogP contribution in [-0.2, 0) is 17.8 Å². The average molecular weight is 470 g/mol. The highest BCUT2D eigenvalue weighted by atomic mass is 19.1. The van der Waals surface area contributed by atoms with Crippen LogP contribution in [-0.4, -0.2) is 48.2 Å². The minimum Gasteiger partial charge on any atom is -0.497 e. The van der Waals surface area contributed by atoms with Gasteiger partial charge in [0.05, 0.1) is 45.7 Å². The number of nitrogens with zero attached hydrogens (tertiary/aromatic N) is 3. The first-order valence-corrected chi connectivity index (χ1v) is 10.1. The number of benzene rings is 2. The van der Waals surface area contributed by atoms with Crippen LogP contribution in [0.4, 0.5) is 19.4 Å². The molecule has 1 N–H and O–H groups in total. The van der Waals surface area contributed by atoms with Gasteiger partial charge in [0.1, 0.15) is 28.7 Å². The summed E-state index contributed by atoms with van der Waals surface area (Å²) in [7, 11) is 4.16. The van der Waals surface area contributed by atoms with Gasteiger partial charge in [0, 0.05) is 11.6 Å². The number of amides is 2. The molecule has 0 saturated carbocycles. The number of carbonyl (C=O) groups excluding carboxylic acids is 2. The van der Waals surface area contributed by atoms with E-state index in [9.17, 15) is 18.4 Å². The van der Waals surface area contributed by atoms with Crippen molar-refractivity contribution in [1.82, 2.24) is 14.9 Å². The van der Waals surface area contributed by atoms with Crippen molar-refractivity contribution < 1.29 is 32.6 Å². The smallest absolute Gasteiger partial charge is 0.412 e. The average Bonchev–Trinajstić information content (AvgIpc) is 3.14. The van der Waals surface area contributed by atoms with Crippen LogP contribution in [0.1, 0.15) is 21.6 Å². The molecule has 0 fully saturated rings. The summed E-state index contributed by atoms with van der Waals surface area (Å²) >= 11 is 0. The lowest BCUT2D eigenvalue weighted by atomic mass is 10.1. The van der Waals surface area contributed by atoms with Crippen molar-refractivity contribution in [3.05, 3.63) is 64.9 Å². The van der Waals surface area contributed by atoms with E-state index in [0.717, 1.165) is 19.2 Å². The number of anilines is 1. The monoisotopic (exact) mass is 470 g/mol. The highest BCUT2D eigenvalue weighted by molar-refractivity contribution is 6.04. The van der Waals surface area contributed by atoms with Gasteiger partial charge in [-0.05, 0) is 24.3 Å². The molecule has 0 aliphatic carbocycles. The van der Waals surface area contributed by atoms with Gasteiger partial charge in [-0.3, -0.25) is 10.1 Å². The molecule has 2 amide bonds. The summed E-state index contributed by atoms with van der Waals surface area (Å²) < 4.78 is 44.0. The van der Waals surface area contributed by atoms with Crippen molar-refractivity contribution >= 4 is 17.8 Å². The number of hydrogen-bond donors (Lipinski definition) is 1. The molecule has 2 aromatic carbocycles. The van der Waals surface area contributed by atoms with Gasteiger partial charge in [-0.25, -0.2) is 23.5 Å². The van der Waals surface area contributed by atoms with Crippen LogP contribution >= 0.6 is 0 Å². The number of carbonyl (C=O) groups is 2. The fourth-order valence-corrected chi connectivity index (χ4v) is 3.63. The summed E-state index contributed by atoms with van der Waals surface area (Å²) in [4.78, 5) is 34.9. The fraction of sp³-hybridized carbons (Fsp3) is 0.217. The van der Waals surface area contributed by atoms with Gasteiger partial charge >= 0.3 is 6.09 Å². The lowest BCUT2D eigenvalue weighted by Crippen LogP contribution is -2.24. The summed E-state index contributed by atoms with van der Waals surface area (Å²) in [6, 6.07) is 8.52. The van der Waals surface area contributed by atoms with E-state index in [4.69, 9.17) is 9.47 Å². The lowest BCUT2D eigenvalue weighted by Gasteiger charge is -2.18. The first kappa shape index (κ1) is 22.9. The van der Waals surface area contributed by atoms with Crippen molar-refractivity contribution in [3.8, 4) is 22.9 Å². The Kier molecular flexibility index (Phi) is 6.26. The van der Waals surface area contributed by atoms with Crippen molar-refractivity contribution in [3.63, 3.8) is 0 Å². The predicted octanol–water partition coefficient (Wildman–Crippen LogP) is 3.77. The third-order valence-corrected chi connectivity index (χ3v) is 5.27. The van der Waals surface area contributed by atoms with Gasteiger partial charge in [-0.15, -0.1) is 0 Å². The number of hydrogen-bond acceptors (Lipinski definition) is 7. The van der Waals surface area contributed by atoms with E-state index in [1.165, 1.54) is 25.2 Å². The van der Waals surface area contributed by atoms with Crippen molar-refractivity contribution in [1.29, 1.82) is 0 Å². The van der Waals surface area contributed by atoms with Gasteiger partial charge in [0.25, 0.3) is 5.91 Å². The maximum atomic E-state index is 14.4. The third kappa shape index (κ3) is 4.19. The second kappa shape index (κ2) is 9.30. The molecule has 0 saturated heterocycles. The minimum atomic E-state index is -0.899. The van der Waals surface area contributed by atoms with Crippen LogP contribution in [0.3, 0.4) is 0 Å². The first-order chi connectivity index (χ1) is 16.4. The molecule has 0 radical (unpaired) electrons. The van der Waals surface area contributed by atoms with Gasteiger partial charge in [0.15, 0.2) is 11.6 Å². The Morgan fingerprint density at radius 2 is 1.79 bits per heavy atom. The highest BCUT2D eigenvalue weighted by Gasteiger charge is 2.35. The summed E-state index contributed by atoms with van der Waals surface area (Å²) in [6.07, 6.45) is -0.899. The molecule has 0 spiro atoms. The van der Waals surface area contributed by atoms with E-state index in [1.54, 1.807) is 18.2 Å². The quantitative estimate of drug-likeness (QED) is 0.585. The highest BCUT2D eigenvalue weighted by Crippen LogP contribution is 2.34. The number of fused-ring (bicyclic) bond motifs is 1. The molecule has 11 heteroatoms. The molecule has 2 heterocycles. The predicted molar refractivity (Wildman–Crippen MR) is 117 cm³/mol. The molecule has 4 rings (SSSR count). The topological polar surface area (TPSA) is 103 Å². The molecule has 34 heavy (non-hydrogen) atoms. The molecule has 1 aliphatic heterocycles. The Labute approximate surface area is 193 Å². The Morgan fingerprint density at radius 1 is 1.06 bits per heavy atom. The van der Waals surface area contributed by atoms with Crippen LogP contribution in [0.15, 0.2) is 36.4 Å². The van der Waals surface area contributed by atoms with Crippen molar-refractivity contribution in [2.75, 3.05) is 26.6 Å². The molecule has 0 atom stereocenters. The number of ether oxygens (including phenoxy) is 3. The Bertz CT molecular complexity index is 1260. The Hall–Kier alpha value is -4.28. The second-order valence-corrected chi connectivity index (χ2v) is 7.27. The van der Waals surface area contributed by atoms with E-state index in [1.807, 2.05) is 0 Å². The zero-order valence-corrected chi connectivity index (χ0v) is 18.5. The Balaban J connectivity index is 1.75.